The number of benzene rings is 1. The Morgan fingerprint density at radius 1 is 1.26 bits per heavy atom. The SMILES string of the molecule is NNC(=O)c1ccccc1CSc1ccc(N)cn1. The van der Waals surface area contributed by atoms with Crippen molar-refractivity contribution >= 4 is 23.4 Å². The summed E-state index contributed by atoms with van der Waals surface area (Å²) in [5.41, 5.74) is 9.84. The van der Waals surface area contributed by atoms with E-state index < -0.39 is 0 Å². The van der Waals surface area contributed by atoms with Crippen LogP contribution in [0.25, 0.3) is 0 Å². The number of carbonyl (C=O) groups is 1. The number of amides is 1. The number of nitrogens with one attached hydrogen (secondary N) is 1. The normalized spacial score (nSPS) is 10.2. The Labute approximate surface area is 115 Å². The number of hydrogen-bond donors (Lipinski definition) is 3. The van der Waals surface area contributed by atoms with Crippen molar-refractivity contribution in [2.75, 3.05) is 5.73 Å². The third-order valence-corrected chi connectivity index (χ3v) is 3.52. The lowest BCUT2D eigenvalue weighted by atomic mass is 10.1. The number of nitrogens with two attached hydrogens (primary N) is 2. The van der Waals surface area contributed by atoms with Crippen LogP contribution in [0, 0.1) is 0 Å². The van der Waals surface area contributed by atoms with Crippen molar-refractivity contribution in [2.45, 2.75) is 10.8 Å². The zero-order valence-corrected chi connectivity index (χ0v) is 11.0. The molecule has 0 atom stereocenters. The predicted octanol–water partition coefficient (Wildman–Crippen LogP) is 1.56. The summed E-state index contributed by atoms with van der Waals surface area (Å²) < 4.78 is 0. The van der Waals surface area contributed by atoms with E-state index in [1.54, 1.807) is 24.4 Å². The van der Waals surface area contributed by atoms with E-state index in [0.717, 1.165) is 10.6 Å². The molecule has 2 aromatic rings. The molecule has 0 bridgehead atoms. The Morgan fingerprint density at radius 2 is 2.05 bits per heavy atom. The number of pyridine rings is 1. The van der Waals surface area contributed by atoms with Crippen molar-refractivity contribution in [3.8, 4) is 0 Å². The second kappa shape index (κ2) is 6.21. The Morgan fingerprint density at radius 3 is 2.74 bits per heavy atom. The van der Waals surface area contributed by atoms with Gasteiger partial charge in [0.2, 0.25) is 0 Å². The smallest absolute Gasteiger partial charge is 0.265 e. The quantitative estimate of drug-likeness (QED) is 0.340. The van der Waals surface area contributed by atoms with Crippen LogP contribution in [-0.4, -0.2) is 10.9 Å². The van der Waals surface area contributed by atoms with Crippen molar-refractivity contribution in [2.24, 2.45) is 5.84 Å². The lowest BCUT2D eigenvalue weighted by Gasteiger charge is -2.07. The van der Waals surface area contributed by atoms with Gasteiger partial charge in [0.1, 0.15) is 0 Å². The molecule has 0 aliphatic carbocycles. The van der Waals surface area contributed by atoms with Gasteiger partial charge in [-0.3, -0.25) is 10.2 Å². The fourth-order valence-corrected chi connectivity index (χ4v) is 2.42. The van der Waals surface area contributed by atoms with Crippen LogP contribution in [-0.2, 0) is 5.75 Å². The van der Waals surface area contributed by atoms with Crippen LogP contribution >= 0.6 is 11.8 Å². The van der Waals surface area contributed by atoms with Crippen LogP contribution in [0.15, 0.2) is 47.6 Å². The van der Waals surface area contributed by atoms with Crippen LogP contribution < -0.4 is 17.0 Å². The molecule has 19 heavy (non-hydrogen) atoms. The molecule has 1 aromatic heterocycles. The van der Waals surface area contributed by atoms with E-state index in [1.807, 2.05) is 18.2 Å². The maximum Gasteiger partial charge on any atom is 0.265 e. The Kier molecular flexibility index (Phi) is 4.38. The summed E-state index contributed by atoms with van der Waals surface area (Å²) in [5, 5.41) is 0.858. The molecule has 0 spiro atoms. The van der Waals surface area contributed by atoms with Crippen LogP contribution in [0.1, 0.15) is 15.9 Å². The average molecular weight is 274 g/mol. The second-order valence-corrected chi connectivity index (χ2v) is 4.84. The van der Waals surface area contributed by atoms with E-state index in [9.17, 15) is 4.79 Å². The van der Waals surface area contributed by atoms with E-state index in [0.29, 0.717) is 17.0 Å². The molecule has 0 aliphatic rings. The molecular weight excluding hydrogens is 260 g/mol. The Bertz CT molecular complexity index is 571. The number of thioether (sulfide) groups is 1. The fourth-order valence-electron chi connectivity index (χ4n) is 1.57. The number of nitrogens with zero attached hydrogens (tertiary/aromatic N) is 1. The van der Waals surface area contributed by atoms with Gasteiger partial charge in [0.15, 0.2) is 0 Å². The highest BCUT2D eigenvalue weighted by atomic mass is 32.2. The molecular formula is C13H14N4OS. The van der Waals surface area contributed by atoms with Crippen LogP contribution in [0.5, 0.6) is 0 Å². The maximum absolute atomic E-state index is 11.6. The molecule has 1 amide bonds. The van der Waals surface area contributed by atoms with Gasteiger partial charge in [0.25, 0.3) is 5.91 Å². The number of hydrogen-bond acceptors (Lipinski definition) is 5. The Hall–Kier alpha value is -2.05. The number of carbonyl (C=O) groups excluding carboxylic acids is 1. The monoisotopic (exact) mass is 274 g/mol. The first-order valence-corrected chi connectivity index (χ1v) is 6.62. The summed E-state index contributed by atoms with van der Waals surface area (Å²) in [4.78, 5) is 15.8. The Balaban J connectivity index is 2.11. The highest BCUT2D eigenvalue weighted by Crippen LogP contribution is 2.23. The van der Waals surface area contributed by atoms with E-state index >= 15 is 0 Å². The van der Waals surface area contributed by atoms with Gasteiger partial charge in [-0.2, -0.15) is 0 Å². The fraction of sp³-hybridized carbons (Fsp3) is 0.0769. The summed E-state index contributed by atoms with van der Waals surface area (Å²) in [5.74, 6) is 5.51. The molecule has 6 heteroatoms. The predicted molar refractivity (Wildman–Crippen MR) is 76.3 cm³/mol. The topological polar surface area (TPSA) is 94.0 Å². The largest absolute Gasteiger partial charge is 0.397 e. The number of anilines is 1. The molecule has 1 heterocycles. The number of nitrogen functional groups attached to an aromatic ring is 2. The summed E-state index contributed by atoms with van der Waals surface area (Å²) in [6, 6.07) is 11.0. The van der Waals surface area contributed by atoms with E-state index in [1.165, 1.54) is 11.8 Å². The molecule has 5 nitrogen and oxygen atoms in total. The highest BCUT2D eigenvalue weighted by molar-refractivity contribution is 7.98. The molecule has 1 aromatic carbocycles. The van der Waals surface area contributed by atoms with Crippen LogP contribution in [0.2, 0.25) is 0 Å². The second-order valence-electron chi connectivity index (χ2n) is 3.85. The van der Waals surface area contributed by atoms with E-state index in [2.05, 4.69) is 10.4 Å². The number of aromatic nitrogens is 1. The standard InChI is InChI=1S/C13H14N4OS/c14-10-5-6-12(16-7-10)19-8-9-3-1-2-4-11(9)13(18)17-15/h1-7H,8,14-15H2,(H,17,18). The summed E-state index contributed by atoms with van der Waals surface area (Å²) in [6.07, 6.45) is 1.61. The van der Waals surface area contributed by atoms with Gasteiger partial charge in [-0.1, -0.05) is 18.2 Å². The minimum Gasteiger partial charge on any atom is -0.397 e. The van der Waals surface area contributed by atoms with Gasteiger partial charge < -0.3 is 5.73 Å². The maximum atomic E-state index is 11.6. The highest BCUT2D eigenvalue weighted by Gasteiger charge is 2.09. The first kappa shape index (κ1) is 13.4. The first-order chi connectivity index (χ1) is 9.20. The van der Waals surface area contributed by atoms with E-state index in [4.69, 9.17) is 11.6 Å². The molecule has 98 valence electrons. The van der Waals surface area contributed by atoms with Crippen LogP contribution in [0.3, 0.4) is 0 Å². The number of rotatable bonds is 4. The summed E-state index contributed by atoms with van der Waals surface area (Å²) in [7, 11) is 0. The zero-order chi connectivity index (χ0) is 13.7. The van der Waals surface area contributed by atoms with Gasteiger partial charge in [-0.15, -0.1) is 11.8 Å². The molecule has 5 N–H and O–H groups in total. The molecule has 0 saturated heterocycles. The first-order valence-electron chi connectivity index (χ1n) is 5.64. The average Bonchev–Trinajstić information content (AvgIpc) is 2.46. The minimum absolute atomic E-state index is 0.290. The van der Waals surface area contributed by atoms with Crippen molar-refractivity contribution in [3.05, 3.63) is 53.7 Å². The zero-order valence-electron chi connectivity index (χ0n) is 10.2. The third-order valence-electron chi connectivity index (χ3n) is 2.53. The molecule has 2 rings (SSSR count). The van der Waals surface area contributed by atoms with Gasteiger partial charge >= 0.3 is 0 Å². The van der Waals surface area contributed by atoms with Crippen molar-refractivity contribution in [1.82, 2.24) is 10.4 Å². The van der Waals surface area contributed by atoms with Gasteiger partial charge in [0.05, 0.1) is 16.9 Å². The van der Waals surface area contributed by atoms with E-state index in [-0.39, 0.29) is 5.91 Å². The number of hydrazine groups is 1. The molecule has 0 saturated carbocycles. The summed E-state index contributed by atoms with van der Waals surface area (Å²) in [6.45, 7) is 0. The molecule has 0 radical (unpaired) electrons. The van der Waals surface area contributed by atoms with Crippen molar-refractivity contribution in [1.29, 1.82) is 0 Å². The lowest BCUT2D eigenvalue weighted by Crippen LogP contribution is -2.30. The minimum atomic E-state index is -0.290. The molecule has 0 fully saturated rings. The van der Waals surface area contributed by atoms with Crippen LogP contribution in [0.4, 0.5) is 5.69 Å². The molecule has 0 aliphatic heterocycles. The third kappa shape index (κ3) is 3.46. The van der Waals surface area contributed by atoms with Crippen molar-refractivity contribution in [3.63, 3.8) is 0 Å². The lowest BCUT2D eigenvalue weighted by molar-refractivity contribution is 0.0953. The van der Waals surface area contributed by atoms with Crippen molar-refractivity contribution < 1.29 is 4.79 Å². The molecule has 0 unspecified atom stereocenters. The van der Waals surface area contributed by atoms with Gasteiger partial charge in [-0.05, 0) is 23.8 Å². The van der Waals surface area contributed by atoms with Gasteiger partial charge in [-0.25, -0.2) is 10.8 Å². The van der Waals surface area contributed by atoms with Gasteiger partial charge in [0, 0.05) is 11.3 Å². The summed E-state index contributed by atoms with van der Waals surface area (Å²) >= 11 is 1.54.